The quantitative estimate of drug-likeness (QED) is 0.570. The molecule has 8 bridgehead atoms. The second-order valence-corrected chi connectivity index (χ2v) is 10.7. The topological polar surface area (TPSA) is 0 Å². The highest BCUT2D eigenvalue weighted by molar-refractivity contribution is 5.13. The summed E-state index contributed by atoms with van der Waals surface area (Å²) >= 11 is 0. The van der Waals surface area contributed by atoms with Crippen molar-refractivity contribution in [1.29, 1.82) is 0 Å². The highest BCUT2D eigenvalue weighted by atomic mass is 14.7. The van der Waals surface area contributed by atoms with Gasteiger partial charge in [0.1, 0.15) is 0 Å². The van der Waals surface area contributed by atoms with Crippen LogP contribution in [0.1, 0.15) is 83.5 Å². The van der Waals surface area contributed by atoms with E-state index in [1.54, 1.807) is 83.5 Å². The zero-order chi connectivity index (χ0) is 13.7. The van der Waals surface area contributed by atoms with Crippen molar-refractivity contribution in [3.63, 3.8) is 0 Å². The molecule has 0 radical (unpaired) electrons. The van der Waals surface area contributed by atoms with Crippen molar-refractivity contribution in [2.75, 3.05) is 0 Å². The zero-order valence-corrected chi connectivity index (χ0v) is 13.7. The normalized spacial score (nSPS) is 64.0. The summed E-state index contributed by atoms with van der Waals surface area (Å²) in [5.41, 5.74) is 1.69. The standard InChI is InChI=1S/C21H32/c1-2-15-4-16-3-14(1)8-20(9-15,10-16)21-11-17-5-18(12-21)7-19(6-17)13-21/h14-19H,1-13H2. The van der Waals surface area contributed by atoms with E-state index >= 15 is 0 Å². The van der Waals surface area contributed by atoms with Crippen molar-refractivity contribution in [1.82, 2.24) is 0 Å². The number of hydrogen-bond donors (Lipinski definition) is 0. The predicted molar refractivity (Wildman–Crippen MR) is 85.8 cm³/mol. The Morgan fingerprint density at radius 2 is 0.667 bits per heavy atom. The van der Waals surface area contributed by atoms with Crippen molar-refractivity contribution in [3.05, 3.63) is 0 Å². The summed E-state index contributed by atoms with van der Waals surface area (Å²) in [6.45, 7) is 0. The van der Waals surface area contributed by atoms with E-state index in [4.69, 9.17) is 0 Å². The van der Waals surface area contributed by atoms with Crippen LogP contribution in [0.2, 0.25) is 0 Å². The van der Waals surface area contributed by atoms with Crippen molar-refractivity contribution in [2.24, 2.45) is 46.3 Å². The summed E-state index contributed by atoms with van der Waals surface area (Å²) in [6, 6.07) is 0. The third-order valence-electron chi connectivity index (χ3n) is 9.52. The molecule has 116 valence electrons. The molecule has 21 heavy (non-hydrogen) atoms. The molecule has 8 aliphatic rings. The van der Waals surface area contributed by atoms with E-state index in [1.807, 2.05) is 0 Å². The van der Waals surface area contributed by atoms with E-state index in [0.717, 1.165) is 46.3 Å². The molecule has 8 saturated carbocycles. The maximum absolute atomic E-state index is 1.67. The minimum Gasteiger partial charge on any atom is -0.0502 e. The molecule has 8 aliphatic carbocycles. The van der Waals surface area contributed by atoms with Gasteiger partial charge in [0.2, 0.25) is 0 Å². The fourth-order valence-corrected chi connectivity index (χ4v) is 9.60. The van der Waals surface area contributed by atoms with Gasteiger partial charge < -0.3 is 0 Å². The summed E-state index contributed by atoms with van der Waals surface area (Å²) in [6.07, 6.45) is 21.4. The van der Waals surface area contributed by atoms with E-state index in [1.165, 1.54) is 0 Å². The lowest BCUT2D eigenvalue weighted by Gasteiger charge is -2.67. The monoisotopic (exact) mass is 284 g/mol. The van der Waals surface area contributed by atoms with Gasteiger partial charge >= 0.3 is 0 Å². The van der Waals surface area contributed by atoms with E-state index in [2.05, 4.69) is 0 Å². The van der Waals surface area contributed by atoms with Gasteiger partial charge in [-0.15, -0.1) is 0 Å². The van der Waals surface area contributed by atoms with Gasteiger partial charge in [0, 0.05) is 0 Å². The Labute approximate surface area is 130 Å². The van der Waals surface area contributed by atoms with E-state index < -0.39 is 0 Å². The fourth-order valence-electron chi connectivity index (χ4n) is 9.60. The van der Waals surface area contributed by atoms with Gasteiger partial charge in [-0.25, -0.2) is 0 Å². The maximum Gasteiger partial charge on any atom is -0.0233 e. The van der Waals surface area contributed by atoms with Crippen LogP contribution in [-0.2, 0) is 0 Å². The van der Waals surface area contributed by atoms with Gasteiger partial charge in [-0.3, -0.25) is 0 Å². The molecule has 0 heteroatoms. The van der Waals surface area contributed by atoms with E-state index in [-0.39, 0.29) is 0 Å². The average Bonchev–Trinajstić information content (AvgIpc) is 2.64. The summed E-state index contributed by atoms with van der Waals surface area (Å²) in [5.74, 6) is 6.91. The van der Waals surface area contributed by atoms with Gasteiger partial charge in [0.15, 0.2) is 0 Å². The summed E-state index contributed by atoms with van der Waals surface area (Å²) in [4.78, 5) is 0. The second-order valence-electron chi connectivity index (χ2n) is 10.7. The van der Waals surface area contributed by atoms with Crippen molar-refractivity contribution in [3.8, 4) is 0 Å². The lowest BCUT2D eigenvalue weighted by atomic mass is 9.37. The highest BCUT2D eigenvalue weighted by Crippen LogP contribution is 2.73. The maximum atomic E-state index is 1.67. The predicted octanol–water partition coefficient (Wildman–Crippen LogP) is 5.81. The molecule has 0 saturated heterocycles. The van der Waals surface area contributed by atoms with Crippen LogP contribution in [0.4, 0.5) is 0 Å². The zero-order valence-electron chi connectivity index (χ0n) is 13.7. The Bertz CT molecular complexity index is 409. The number of rotatable bonds is 1. The molecule has 0 aromatic rings. The molecule has 0 heterocycles. The molecular weight excluding hydrogens is 252 g/mol. The molecule has 2 unspecified atom stereocenters. The molecule has 0 spiro atoms. The minimum absolute atomic E-state index is 0.843. The van der Waals surface area contributed by atoms with Crippen LogP contribution in [0, 0.1) is 46.3 Å². The summed E-state index contributed by atoms with van der Waals surface area (Å²) in [7, 11) is 0. The van der Waals surface area contributed by atoms with Gasteiger partial charge in [-0.1, -0.05) is 12.8 Å². The van der Waals surface area contributed by atoms with E-state index in [9.17, 15) is 0 Å². The van der Waals surface area contributed by atoms with Crippen LogP contribution in [0.15, 0.2) is 0 Å². The van der Waals surface area contributed by atoms with Crippen molar-refractivity contribution in [2.45, 2.75) is 83.5 Å². The molecule has 0 aromatic carbocycles. The molecule has 2 atom stereocenters. The molecule has 0 aliphatic heterocycles. The smallest absolute Gasteiger partial charge is 0.0233 e. The second kappa shape index (κ2) is 3.90. The molecule has 0 amide bonds. The summed E-state index contributed by atoms with van der Waals surface area (Å²) in [5, 5.41) is 0. The molecule has 8 fully saturated rings. The van der Waals surface area contributed by atoms with Crippen LogP contribution in [0.5, 0.6) is 0 Å². The Morgan fingerprint density at radius 3 is 1.05 bits per heavy atom. The first-order valence-corrected chi connectivity index (χ1v) is 10.2. The third kappa shape index (κ3) is 1.58. The Kier molecular flexibility index (Phi) is 2.31. The first-order valence-electron chi connectivity index (χ1n) is 10.2. The molecular formula is C21H32. The highest BCUT2D eigenvalue weighted by Gasteiger charge is 2.63. The lowest BCUT2D eigenvalue weighted by Crippen LogP contribution is -2.58. The Hall–Kier alpha value is 0. The van der Waals surface area contributed by atoms with Crippen molar-refractivity contribution < 1.29 is 0 Å². The Morgan fingerprint density at radius 1 is 0.381 bits per heavy atom. The van der Waals surface area contributed by atoms with E-state index in [0.29, 0.717) is 0 Å². The number of fused-ring (bicyclic) bond motifs is 1. The molecule has 0 N–H and O–H groups in total. The first kappa shape index (κ1) is 12.4. The van der Waals surface area contributed by atoms with Crippen LogP contribution in [-0.4, -0.2) is 0 Å². The van der Waals surface area contributed by atoms with Crippen LogP contribution < -0.4 is 0 Å². The lowest BCUT2D eigenvalue weighted by molar-refractivity contribution is -0.173. The SMILES string of the molecule is C1CC2CC3CC1CC(C14CC5CC(CC(C5)C1)C4)(C2)C3. The first-order chi connectivity index (χ1) is 10.2. The molecule has 8 rings (SSSR count). The van der Waals surface area contributed by atoms with Gasteiger partial charge in [-0.2, -0.15) is 0 Å². The third-order valence-corrected chi connectivity index (χ3v) is 9.52. The van der Waals surface area contributed by atoms with Crippen LogP contribution in [0.25, 0.3) is 0 Å². The van der Waals surface area contributed by atoms with Gasteiger partial charge in [-0.05, 0) is 117 Å². The van der Waals surface area contributed by atoms with Crippen LogP contribution in [0.3, 0.4) is 0 Å². The van der Waals surface area contributed by atoms with Crippen LogP contribution >= 0.6 is 0 Å². The molecule has 0 nitrogen and oxygen atoms in total. The fraction of sp³-hybridized carbons (Fsp3) is 1.00. The summed E-state index contributed by atoms with van der Waals surface area (Å²) < 4.78 is 0. The largest absolute Gasteiger partial charge is 0.0502 e. The van der Waals surface area contributed by atoms with Gasteiger partial charge in [0.25, 0.3) is 0 Å². The Balaban J connectivity index is 1.44. The minimum atomic E-state index is 0.843. The molecule has 0 aromatic heterocycles. The van der Waals surface area contributed by atoms with Gasteiger partial charge in [0.05, 0.1) is 0 Å². The average molecular weight is 284 g/mol. The van der Waals surface area contributed by atoms with Crippen molar-refractivity contribution >= 4 is 0 Å². The number of hydrogen-bond acceptors (Lipinski definition) is 0.